The van der Waals surface area contributed by atoms with Crippen LogP contribution in [-0.2, 0) is 27.9 Å². The smallest absolute Gasteiger partial charge is 0.306 e. The lowest BCUT2D eigenvalue weighted by atomic mass is 10.1. The van der Waals surface area contributed by atoms with Gasteiger partial charge in [-0.25, -0.2) is 0 Å². The van der Waals surface area contributed by atoms with E-state index < -0.39 is 13.9 Å². The third-order valence-electron chi connectivity index (χ3n) is 8.39. The molecule has 50 heavy (non-hydrogen) atoms. The van der Waals surface area contributed by atoms with E-state index in [2.05, 4.69) is 50.3 Å². The first-order valence-electron chi connectivity index (χ1n) is 20.2. The molecule has 0 radical (unpaired) electrons. The minimum Gasteiger partial charge on any atom is -0.756 e. The van der Waals surface area contributed by atoms with Gasteiger partial charge in [-0.15, -0.1) is 0 Å². The fourth-order valence-corrected chi connectivity index (χ4v) is 5.95. The summed E-state index contributed by atoms with van der Waals surface area (Å²) in [5.74, 6) is -0.352. The molecule has 0 aromatic rings. The van der Waals surface area contributed by atoms with Gasteiger partial charge in [0.05, 0.1) is 34.4 Å². The SMILES string of the molecule is CCC/C=C\C/C=C\CCCCCCCC(=O)OC(COCCCCCCCC/C=C\CCCCCCC)COP(=O)([O-])OCC[N+](C)(C)C. The van der Waals surface area contributed by atoms with Gasteiger partial charge in [0.15, 0.2) is 0 Å². The molecular weight excluding hydrogens is 649 g/mol. The summed E-state index contributed by atoms with van der Waals surface area (Å²) in [5.41, 5.74) is 0. The van der Waals surface area contributed by atoms with E-state index in [1.807, 2.05) is 21.1 Å². The van der Waals surface area contributed by atoms with Crippen LogP contribution >= 0.6 is 7.82 Å². The van der Waals surface area contributed by atoms with Crippen LogP contribution in [0.4, 0.5) is 0 Å². The number of hydrogen-bond donors (Lipinski definition) is 0. The van der Waals surface area contributed by atoms with E-state index in [0.717, 1.165) is 64.2 Å². The molecule has 0 rings (SSSR count). The van der Waals surface area contributed by atoms with E-state index in [-0.39, 0.29) is 25.8 Å². The molecule has 8 nitrogen and oxygen atoms in total. The van der Waals surface area contributed by atoms with Crippen molar-refractivity contribution in [1.29, 1.82) is 0 Å². The van der Waals surface area contributed by atoms with Gasteiger partial charge in [0.1, 0.15) is 19.3 Å². The number of likely N-dealkylation sites (N-methyl/N-ethyl adjacent to an activating group) is 1. The Morgan fingerprint density at radius 3 is 1.72 bits per heavy atom. The van der Waals surface area contributed by atoms with Gasteiger partial charge in [-0.3, -0.25) is 9.36 Å². The van der Waals surface area contributed by atoms with Gasteiger partial charge in [0.25, 0.3) is 7.82 Å². The number of esters is 1. The number of allylic oxidation sites excluding steroid dienone is 6. The van der Waals surface area contributed by atoms with Crippen molar-refractivity contribution in [2.75, 3.05) is 54.1 Å². The van der Waals surface area contributed by atoms with Gasteiger partial charge in [0.2, 0.25) is 0 Å². The molecule has 0 saturated carbocycles. The first kappa shape index (κ1) is 48.7. The number of ether oxygens (including phenoxy) is 2. The maximum absolute atomic E-state index is 12.6. The van der Waals surface area contributed by atoms with Crippen molar-refractivity contribution < 1.29 is 37.3 Å². The molecule has 0 aliphatic rings. The molecule has 0 aliphatic heterocycles. The van der Waals surface area contributed by atoms with Crippen LogP contribution in [0.15, 0.2) is 36.5 Å². The molecule has 0 aromatic carbocycles. The molecule has 0 heterocycles. The van der Waals surface area contributed by atoms with Gasteiger partial charge in [-0.1, -0.05) is 127 Å². The van der Waals surface area contributed by atoms with Crippen LogP contribution in [0.3, 0.4) is 0 Å². The summed E-state index contributed by atoms with van der Waals surface area (Å²) in [6.07, 6.45) is 38.6. The van der Waals surface area contributed by atoms with Crippen LogP contribution < -0.4 is 4.89 Å². The second-order valence-corrected chi connectivity index (χ2v) is 16.0. The summed E-state index contributed by atoms with van der Waals surface area (Å²) in [7, 11) is 1.34. The van der Waals surface area contributed by atoms with Crippen LogP contribution in [0.2, 0.25) is 0 Å². The van der Waals surface area contributed by atoms with E-state index in [1.165, 1.54) is 77.0 Å². The summed E-state index contributed by atoms with van der Waals surface area (Å²) >= 11 is 0. The quantitative estimate of drug-likeness (QED) is 0.0207. The predicted octanol–water partition coefficient (Wildman–Crippen LogP) is 10.8. The largest absolute Gasteiger partial charge is 0.756 e. The fraction of sp³-hybridized carbons (Fsp3) is 0.829. The van der Waals surface area contributed by atoms with Gasteiger partial charge in [-0.05, 0) is 64.2 Å². The van der Waals surface area contributed by atoms with E-state index >= 15 is 0 Å². The fourth-order valence-electron chi connectivity index (χ4n) is 5.22. The number of rotatable bonds is 37. The Labute approximate surface area is 308 Å². The number of carbonyl (C=O) groups excluding carboxylic acids is 1. The van der Waals surface area contributed by atoms with Crippen LogP contribution in [0.25, 0.3) is 0 Å². The zero-order valence-corrected chi connectivity index (χ0v) is 34.0. The monoisotopic (exact) mass is 728 g/mol. The molecular formula is C41H78NO7P. The van der Waals surface area contributed by atoms with Crippen molar-refractivity contribution in [2.24, 2.45) is 0 Å². The van der Waals surface area contributed by atoms with Crippen molar-refractivity contribution in [3.05, 3.63) is 36.5 Å². The van der Waals surface area contributed by atoms with Crippen molar-refractivity contribution in [2.45, 2.75) is 168 Å². The third kappa shape index (κ3) is 38.0. The molecule has 2 atom stereocenters. The van der Waals surface area contributed by atoms with Crippen molar-refractivity contribution >= 4 is 13.8 Å². The zero-order valence-electron chi connectivity index (χ0n) is 33.1. The van der Waals surface area contributed by atoms with Crippen molar-refractivity contribution in [3.8, 4) is 0 Å². The number of nitrogens with zero attached hydrogens (tertiary/aromatic N) is 1. The third-order valence-corrected chi connectivity index (χ3v) is 9.36. The number of hydrogen-bond acceptors (Lipinski definition) is 7. The highest BCUT2D eigenvalue weighted by atomic mass is 31.2. The van der Waals surface area contributed by atoms with Crippen molar-refractivity contribution in [3.63, 3.8) is 0 Å². The number of unbranched alkanes of at least 4 members (excludes halogenated alkanes) is 17. The molecule has 0 saturated heterocycles. The molecule has 0 aliphatic carbocycles. The zero-order chi connectivity index (χ0) is 37.0. The Morgan fingerprint density at radius 2 is 1.14 bits per heavy atom. The Morgan fingerprint density at radius 1 is 0.620 bits per heavy atom. The van der Waals surface area contributed by atoms with Gasteiger partial charge >= 0.3 is 5.97 Å². The first-order valence-corrected chi connectivity index (χ1v) is 21.7. The van der Waals surface area contributed by atoms with Crippen molar-refractivity contribution in [1.82, 2.24) is 0 Å². The maximum atomic E-state index is 12.6. The van der Waals surface area contributed by atoms with Crippen LogP contribution in [0, 0.1) is 0 Å². The summed E-state index contributed by atoms with van der Waals surface area (Å²) < 4.78 is 34.5. The number of carbonyl (C=O) groups is 1. The Kier molecular flexibility index (Phi) is 33.9. The highest BCUT2D eigenvalue weighted by Gasteiger charge is 2.20. The molecule has 0 spiro atoms. The second kappa shape index (κ2) is 34.8. The van der Waals surface area contributed by atoms with E-state index in [4.69, 9.17) is 18.5 Å². The lowest BCUT2D eigenvalue weighted by Crippen LogP contribution is -2.37. The highest BCUT2D eigenvalue weighted by molar-refractivity contribution is 7.45. The second-order valence-electron chi connectivity index (χ2n) is 14.6. The average molecular weight is 728 g/mol. The summed E-state index contributed by atoms with van der Waals surface area (Å²) in [5, 5.41) is 0. The standard InChI is InChI=1S/C41H78NO7P/c1-6-8-10-12-14-16-18-20-21-23-25-27-29-31-33-36-46-38-40(39-48-50(44,45)47-37-35-42(3,4)5)49-41(43)34-32-30-28-26-24-22-19-17-15-13-11-9-7-2/h11,13,17-20,40H,6-10,12,14-16,21-39H2,1-5H3/b13-11-,19-17-,20-18-. The molecule has 2 unspecified atom stereocenters. The summed E-state index contributed by atoms with van der Waals surface area (Å²) in [6, 6.07) is 0. The van der Waals surface area contributed by atoms with Gasteiger partial charge in [-0.2, -0.15) is 0 Å². The topological polar surface area (TPSA) is 94.1 Å². The normalized spacial score (nSPS) is 14.3. The maximum Gasteiger partial charge on any atom is 0.306 e. The van der Waals surface area contributed by atoms with E-state index in [0.29, 0.717) is 24.1 Å². The number of phosphoric ester groups is 1. The molecule has 0 aromatic heterocycles. The predicted molar refractivity (Wildman–Crippen MR) is 208 cm³/mol. The number of phosphoric acid groups is 1. The molecule has 0 amide bonds. The molecule has 294 valence electrons. The molecule has 0 N–H and O–H groups in total. The molecule has 9 heteroatoms. The number of quaternary nitrogens is 1. The van der Waals surface area contributed by atoms with E-state index in [9.17, 15) is 14.3 Å². The van der Waals surface area contributed by atoms with Gasteiger partial charge < -0.3 is 27.9 Å². The highest BCUT2D eigenvalue weighted by Crippen LogP contribution is 2.38. The minimum absolute atomic E-state index is 0.0216. The summed E-state index contributed by atoms with van der Waals surface area (Å²) in [4.78, 5) is 24.9. The Hall–Kier alpha value is -1.28. The first-order chi connectivity index (χ1) is 24.1. The van der Waals surface area contributed by atoms with Crippen LogP contribution in [0.1, 0.15) is 162 Å². The Balaban J connectivity index is 4.31. The lowest BCUT2D eigenvalue weighted by Gasteiger charge is -2.28. The lowest BCUT2D eigenvalue weighted by molar-refractivity contribution is -0.870. The van der Waals surface area contributed by atoms with E-state index in [1.54, 1.807) is 0 Å². The van der Waals surface area contributed by atoms with Gasteiger partial charge in [0, 0.05) is 13.0 Å². The summed E-state index contributed by atoms with van der Waals surface area (Å²) in [6.45, 7) is 5.30. The Bertz CT molecular complexity index is 900. The van der Waals surface area contributed by atoms with Crippen LogP contribution in [0.5, 0.6) is 0 Å². The minimum atomic E-state index is -4.52. The van der Waals surface area contributed by atoms with Crippen LogP contribution in [-0.4, -0.2) is 70.7 Å². The average Bonchev–Trinajstić information content (AvgIpc) is 3.06. The molecule has 0 fully saturated rings. The molecule has 0 bridgehead atoms.